The highest BCUT2D eigenvalue weighted by Crippen LogP contribution is 2.16. The van der Waals surface area contributed by atoms with E-state index in [0.717, 1.165) is 10.6 Å². The number of nitrogens with zero attached hydrogens (tertiary/aromatic N) is 1. The van der Waals surface area contributed by atoms with Gasteiger partial charge < -0.3 is 15.6 Å². The van der Waals surface area contributed by atoms with E-state index >= 15 is 0 Å². The summed E-state index contributed by atoms with van der Waals surface area (Å²) in [5, 5.41) is 4.96. The largest absolute Gasteiger partial charge is 0.379 e. The van der Waals surface area contributed by atoms with Gasteiger partial charge in [0.15, 0.2) is 0 Å². The van der Waals surface area contributed by atoms with Gasteiger partial charge in [-0.3, -0.25) is 9.59 Å². The molecule has 0 fully saturated rings. The molecular weight excluding hydrogens is 262 g/mol. The minimum Gasteiger partial charge on any atom is -0.379 e. The van der Waals surface area contributed by atoms with Crippen LogP contribution in [0.15, 0.2) is 34.6 Å². The molecule has 0 aliphatic heterocycles. The monoisotopic (exact) mass is 277 g/mol. The second-order valence-electron chi connectivity index (χ2n) is 4.06. The zero-order chi connectivity index (χ0) is 13.8. The van der Waals surface area contributed by atoms with Crippen molar-refractivity contribution >= 4 is 22.9 Å². The Morgan fingerprint density at radius 1 is 1.47 bits per heavy atom. The number of aryl methyl sites for hydroxylation is 1. The fraction of sp³-hybridized carbons (Fsp3) is 0.231. The Hall–Kier alpha value is -2.08. The van der Waals surface area contributed by atoms with E-state index in [9.17, 15) is 9.59 Å². The summed E-state index contributed by atoms with van der Waals surface area (Å²) in [5.41, 5.74) is 6.58. The maximum Gasteiger partial charge on any atom is 0.250 e. The Bertz CT molecular complexity index is 645. The lowest BCUT2D eigenvalue weighted by atomic mass is 10.3. The first-order chi connectivity index (χ1) is 9.10. The lowest BCUT2D eigenvalue weighted by molar-refractivity contribution is 0.100. The molecule has 3 N–H and O–H groups in total. The normalized spacial score (nSPS) is 10.4. The van der Waals surface area contributed by atoms with Gasteiger partial charge in [0.25, 0.3) is 5.56 Å². The lowest BCUT2D eigenvalue weighted by Gasteiger charge is -2.07. The molecule has 0 aliphatic carbocycles. The van der Waals surface area contributed by atoms with E-state index in [1.165, 1.54) is 17.4 Å². The van der Waals surface area contributed by atoms with E-state index in [2.05, 4.69) is 5.32 Å². The molecule has 100 valence electrons. The molecule has 6 heteroatoms. The van der Waals surface area contributed by atoms with E-state index in [-0.39, 0.29) is 5.56 Å². The van der Waals surface area contributed by atoms with Crippen molar-refractivity contribution in [1.29, 1.82) is 0 Å². The van der Waals surface area contributed by atoms with Gasteiger partial charge in [-0.15, -0.1) is 11.3 Å². The molecule has 5 nitrogen and oxygen atoms in total. The van der Waals surface area contributed by atoms with Crippen molar-refractivity contribution in [3.05, 3.63) is 50.6 Å². The number of amides is 1. The van der Waals surface area contributed by atoms with E-state index < -0.39 is 5.91 Å². The summed E-state index contributed by atoms with van der Waals surface area (Å²) in [5.74, 6) is -0.415. The maximum atomic E-state index is 11.4. The third-order valence-electron chi connectivity index (χ3n) is 2.73. The molecule has 0 aromatic carbocycles. The Morgan fingerprint density at radius 2 is 2.26 bits per heavy atom. The van der Waals surface area contributed by atoms with Crippen LogP contribution in [0.2, 0.25) is 0 Å². The highest BCUT2D eigenvalue weighted by Gasteiger charge is 2.04. The van der Waals surface area contributed by atoms with Crippen LogP contribution in [0.5, 0.6) is 0 Å². The average molecular weight is 277 g/mol. The number of pyridine rings is 1. The van der Waals surface area contributed by atoms with Crippen LogP contribution >= 0.6 is 11.3 Å². The number of nitrogens with one attached hydrogen (secondary N) is 1. The molecule has 0 saturated carbocycles. The van der Waals surface area contributed by atoms with Crippen LogP contribution in [-0.2, 0) is 13.1 Å². The summed E-state index contributed by atoms with van der Waals surface area (Å²) in [6.45, 7) is 3.16. The fourth-order valence-corrected chi connectivity index (χ4v) is 2.49. The average Bonchev–Trinajstić information content (AvgIpc) is 2.87. The maximum absolute atomic E-state index is 11.4. The minimum atomic E-state index is -0.415. The van der Waals surface area contributed by atoms with E-state index in [1.54, 1.807) is 28.3 Å². The van der Waals surface area contributed by atoms with Crippen LogP contribution < -0.4 is 16.6 Å². The van der Waals surface area contributed by atoms with Crippen molar-refractivity contribution in [3.63, 3.8) is 0 Å². The van der Waals surface area contributed by atoms with Crippen molar-refractivity contribution in [2.75, 3.05) is 5.32 Å². The molecule has 0 unspecified atom stereocenters. The fourth-order valence-electron chi connectivity index (χ4n) is 1.67. The Morgan fingerprint density at radius 3 is 2.89 bits per heavy atom. The third kappa shape index (κ3) is 3.23. The molecule has 0 aliphatic rings. The van der Waals surface area contributed by atoms with Crippen molar-refractivity contribution in [2.45, 2.75) is 20.0 Å². The van der Waals surface area contributed by atoms with Crippen molar-refractivity contribution in [2.24, 2.45) is 5.73 Å². The number of carbonyl (C=O) groups excluding carboxylic acids is 1. The van der Waals surface area contributed by atoms with Gasteiger partial charge in [-0.25, -0.2) is 0 Å². The Balaban J connectivity index is 2.05. The standard InChI is InChI=1S/C13H15N3O2S/c1-2-16-7-10(3-4-12(16)17)15-6-11-5-9(8-19-11)13(14)18/h3-5,7-8,15H,2,6H2,1H3,(H2,14,18). The molecule has 2 rings (SSSR count). The first-order valence-electron chi connectivity index (χ1n) is 5.91. The first-order valence-corrected chi connectivity index (χ1v) is 6.79. The SMILES string of the molecule is CCn1cc(NCc2cc(C(N)=O)cs2)ccc1=O. The number of primary amides is 1. The topological polar surface area (TPSA) is 77.1 Å². The molecule has 19 heavy (non-hydrogen) atoms. The first kappa shape index (κ1) is 13.4. The number of aromatic nitrogens is 1. The Kier molecular flexibility index (Phi) is 4.01. The minimum absolute atomic E-state index is 0.0137. The van der Waals surface area contributed by atoms with Gasteiger partial charge in [-0.1, -0.05) is 0 Å². The number of anilines is 1. The van der Waals surface area contributed by atoms with Gasteiger partial charge in [-0.05, 0) is 19.1 Å². The van der Waals surface area contributed by atoms with Gasteiger partial charge >= 0.3 is 0 Å². The summed E-state index contributed by atoms with van der Waals surface area (Å²) in [7, 11) is 0. The van der Waals surface area contributed by atoms with Crippen molar-refractivity contribution in [3.8, 4) is 0 Å². The zero-order valence-corrected chi connectivity index (χ0v) is 11.4. The van der Waals surface area contributed by atoms with E-state index in [0.29, 0.717) is 18.7 Å². The summed E-state index contributed by atoms with van der Waals surface area (Å²) >= 11 is 1.48. The van der Waals surface area contributed by atoms with Gasteiger partial charge in [0.05, 0.1) is 11.3 Å². The number of nitrogens with two attached hydrogens (primary N) is 1. The molecule has 0 saturated heterocycles. The molecule has 2 aromatic rings. The molecule has 0 atom stereocenters. The third-order valence-corrected chi connectivity index (χ3v) is 3.67. The second kappa shape index (κ2) is 5.71. The molecule has 0 radical (unpaired) electrons. The van der Waals surface area contributed by atoms with Crippen molar-refractivity contribution < 1.29 is 4.79 Å². The van der Waals surface area contributed by atoms with Gasteiger partial charge in [0.1, 0.15) is 0 Å². The summed E-state index contributed by atoms with van der Waals surface area (Å²) < 4.78 is 1.63. The van der Waals surface area contributed by atoms with Crippen LogP contribution in [0.25, 0.3) is 0 Å². The van der Waals surface area contributed by atoms with Crippen LogP contribution in [0.4, 0.5) is 5.69 Å². The molecule has 0 bridgehead atoms. The number of hydrogen-bond acceptors (Lipinski definition) is 4. The quantitative estimate of drug-likeness (QED) is 0.872. The molecule has 1 amide bonds. The summed E-state index contributed by atoms with van der Waals surface area (Å²) in [6, 6.07) is 5.06. The number of hydrogen-bond donors (Lipinski definition) is 2. The van der Waals surface area contributed by atoms with Gasteiger partial charge in [0, 0.05) is 35.6 Å². The van der Waals surface area contributed by atoms with Gasteiger partial charge in [-0.2, -0.15) is 0 Å². The van der Waals surface area contributed by atoms with Crippen LogP contribution in [-0.4, -0.2) is 10.5 Å². The smallest absolute Gasteiger partial charge is 0.250 e. The molecular formula is C13H15N3O2S. The Labute approximate surface area is 114 Å². The summed E-state index contributed by atoms with van der Waals surface area (Å²) in [4.78, 5) is 23.4. The summed E-state index contributed by atoms with van der Waals surface area (Å²) in [6.07, 6.45) is 1.78. The van der Waals surface area contributed by atoms with E-state index in [1.807, 2.05) is 6.92 Å². The second-order valence-corrected chi connectivity index (χ2v) is 5.06. The van der Waals surface area contributed by atoms with Gasteiger partial charge in [0.2, 0.25) is 5.91 Å². The molecule has 2 heterocycles. The highest BCUT2D eigenvalue weighted by atomic mass is 32.1. The number of thiophene rings is 1. The van der Waals surface area contributed by atoms with Crippen LogP contribution in [0.3, 0.4) is 0 Å². The van der Waals surface area contributed by atoms with Crippen LogP contribution in [0.1, 0.15) is 22.2 Å². The van der Waals surface area contributed by atoms with Crippen LogP contribution in [0, 0.1) is 0 Å². The number of carbonyl (C=O) groups is 1. The molecule has 2 aromatic heterocycles. The zero-order valence-electron chi connectivity index (χ0n) is 10.6. The van der Waals surface area contributed by atoms with E-state index in [4.69, 9.17) is 5.73 Å². The molecule has 0 spiro atoms. The highest BCUT2D eigenvalue weighted by molar-refractivity contribution is 7.10. The predicted octanol–water partition coefficient (Wildman–Crippen LogP) is 1.64. The number of rotatable bonds is 5. The van der Waals surface area contributed by atoms with Crippen molar-refractivity contribution in [1.82, 2.24) is 4.57 Å². The predicted molar refractivity (Wildman–Crippen MR) is 76.5 cm³/mol. The lowest BCUT2D eigenvalue weighted by Crippen LogP contribution is -2.17.